The third kappa shape index (κ3) is 2.97. The van der Waals surface area contributed by atoms with Gasteiger partial charge in [0.15, 0.2) is 0 Å². The molecule has 0 bridgehead atoms. The number of sulfonamides is 1. The van der Waals surface area contributed by atoms with Gasteiger partial charge in [0, 0.05) is 6.92 Å². The second-order valence-electron chi connectivity index (χ2n) is 3.33. The molecular weight excluding hydrogens is 284 g/mol. The first-order valence-corrected chi connectivity index (χ1v) is 6.43. The number of hydrogen-bond donors (Lipinski definition) is 3. The van der Waals surface area contributed by atoms with Crippen LogP contribution in [-0.4, -0.2) is 25.4 Å². The Morgan fingerprint density at radius 1 is 1.39 bits per heavy atom. The van der Waals surface area contributed by atoms with E-state index in [1.807, 2.05) is 0 Å². The van der Waals surface area contributed by atoms with Gasteiger partial charge in [-0.1, -0.05) is 11.6 Å². The van der Waals surface area contributed by atoms with Gasteiger partial charge in [-0.3, -0.25) is 4.79 Å². The first kappa shape index (κ1) is 14.4. The highest BCUT2D eigenvalue weighted by atomic mass is 35.5. The summed E-state index contributed by atoms with van der Waals surface area (Å²) >= 11 is 5.69. The number of nitrogens with two attached hydrogens (primary N) is 1. The van der Waals surface area contributed by atoms with Gasteiger partial charge in [-0.05, 0) is 12.1 Å². The molecule has 0 saturated carbocycles. The van der Waals surface area contributed by atoms with Gasteiger partial charge in [-0.15, -0.1) is 0 Å². The lowest BCUT2D eigenvalue weighted by Gasteiger charge is -2.10. The Morgan fingerprint density at radius 2 is 1.94 bits per heavy atom. The number of carboxylic acids is 1. The zero-order chi connectivity index (χ0) is 14.1. The number of carbonyl (C=O) groups is 2. The normalized spacial score (nSPS) is 11.1. The maximum atomic E-state index is 11.2. The fourth-order valence-corrected chi connectivity index (χ4v) is 2.46. The number of amides is 1. The van der Waals surface area contributed by atoms with Crippen LogP contribution in [-0.2, 0) is 14.8 Å². The van der Waals surface area contributed by atoms with Gasteiger partial charge in [-0.25, -0.2) is 18.4 Å². The molecule has 0 radical (unpaired) electrons. The molecule has 0 aliphatic heterocycles. The van der Waals surface area contributed by atoms with Crippen molar-refractivity contribution in [2.75, 3.05) is 5.32 Å². The van der Waals surface area contributed by atoms with Gasteiger partial charge in [0.05, 0.1) is 10.7 Å². The fourth-order valence-electron chi connectivity index (χ4n) is 1.28. The van der Waals surface area contributed by atoms with Gasteiger partial charge >= 0.3 is 5.97 Å². The van der Waals surface area contributed by atoms with Crippen molar-refractivity contribution in [2.24, 2.45) is 5.14 Å². The average Bonchev–Trinajstić information content (AvgIpc) is 2.13. The van der Waals surface area contributed by atoms with E-state index in [0.29, 0.717) is 0 Å². The minimum atomic E-state index is -4.14. The minimum absolute atomic E-state index is 0.104. The second-order valence-corrected chi connectivity index (χ2v) is 5.24. The van der Waals surface area contributed by atoms with Crippen molar-refractivity contribution in [1.82, 2.24) is 0 Å². The highest BCUT2D eigenvalue weighted by Crippen LogP contribution is 2.30. The molecule has 1 aromatic rings. The van der Waals surface area contributed by atoms with E-state index in [-0.39, 0.29) is 5.69 Å². The van der Waals surface area contributed by atoms with Gasteiger partial charge in [0.2, 0.25) is 15.9 Å². The van der Waals surface area contributed by atoms with Crippen molar-refractivity contribution in [2.45, 2.75) is 11.8 Å². The first-order chi connectivity index (χ1) is 8.14. The molecule has 1 rings (SSSR count). The summed E-state index contributed by atoms with van der Waals surface area (Å²) in [7, 11) is -4.14. The summed E-state index contributed by atoms with van der Waals surface area (Å²) in [5.41, 5.74) is -0.634. The number of nitrogens with one attached hydrogen (secondary N) is 1. The number of halogens is 1. The predicted octanol–water partition coefficient (Wildman–Crippen LogP) is 0.644. The first-order valence-electron chi connectivity index (χ1n) is 4.50. The minimum Gasteiger partial charge on any atom is -0.478 e. The Kier molecular flexibility index (Phi) is 3.95. The Morgan fingerprint density at radius 3 is 2.33 bits per heavy atom. The SMILES string of the molecule is CC(=O)Nc1ccc(S(N)(=O)=O)c(Cl)c1C(=O)O. The summed E-state index contributed by atoms with van der Waals surface area (Å²) in [6.07, 6.45) is 0. The molecule has 4 N–H and O–H groups in total. The summed E-state index contributed by atoms with van der Waals surface area (Å²) in [5.74, 6) is -1.99. The Bertz CT molecular complexity index is 626. The van der Waals surface area contributed by atoms with Gasteiger partial charge in [0.1, 0.15) is 10.5 Å². The monoisotopic (exact) mass is 292 g/mol. The maximum Gasteiger partial charge on any atom is 0.339 e. The Labute approximate surface area is 108 Å². The Hall–Kier alpha value is -1.64. The third-order valence-corrected chi connectivity index (χ3v) is 3.40. The smallest absolute Gasteiger partial charge is 0.339 e. The third-order valence-electron chi connectivity index (χ3n) is 1.94. The lowest BCUT2D eigenvalue weighted by Crippen LogP contribution is -2.16. The predicted molar refractivity (Wildman–Crippen MR) is 64.1 cm³/mol. The van der Waals surface area contributed by atoms with E-state index < -0.39 is 37.4 Å². The number of benzene rings is 1. The summed E-state index contributed by atoms with van der Waals surface area (Å²) in [6, 6.07) is 2.13. The van der Waals surface area contributed by atoms with Gasteiger partial charge in [-0.2, -0.15) is 0 Å². The van der Waals surface area contributed by atoms with Gasteiger partial charge in [0.25, 0.3) is 0 Å². The number of hydrogen-bond acceptors (Lipinski definition) is 4. The molecule has 0 aliphatic carbocycles. The molecule has 0 heterocycles. The summed E-state index contributed by atoms with van der Waals surface area (Å²) < 4.78 is 22.4. The van der Waals surface area contributed by atoms with Gasteiger partial charge < -0.3 is 10.4 Å². The quantitative estimate of drug-likeness (QED) is 0.753. The number of rotatable bonds is 3. The van der Waals surface area contributed by atoms with Crippen LogP contribution in [0.1, 0.15) is 17.3 Å². The van der Waals surface area contributed by atoms with Crippen LogP contribution in [0.25, 0.3) is 0 Å². The van der Waals surface area contributed by atoms with E-state index in [1.165, 1.54) is 6.92 Å². The molecule has 98 valence electrons. The molecule has 0 atom stereocenters. The molecule has 0 aromatic heterocycles. The van der Waals surface area contributed by atoms with Crippen molar-refractivity contribution in [1.29, 1.82) is 0 Å². The molecule has 1 aromatic carbocycles. The molecule has 7 nitrogen and oxygen atoms in total. The van der Waals surface area contributed by atoms with E-state index in [9.17, 15) is 18.0 Å². The van der Waals surface area contributed by atoms with Crippen LogP contribution < -0.4 is 10.5 Å². The van der Waals surface area contributed by atoms with Crippen LogP contribution in [0.15, 0.2) is 17.0 Å². The standard InChI is InChI=1S/C9H9ClN2O5S/c1-4(13)12-5-2-3-6(18(11,16)17)8(10)7(5)9(14)15/h2-3H,1H3,(H,12,13)(H,14,15)(H2,11,16,17). The van der Waals surface area contributed by atoms with Crippen LogP contribution in [0.5, 0.6) is 0 Å². The van der Waals surface area contributed by atoms with Crippen LogP contribution >= 0.6 is 11.6 Å². The number of carbonyl (C=O) groups excluding carboxylic acids is 1. The summed E-state index contributed by atoms with van der Waals surface area (Å²) in [6.45, 7) is 1.17. The van der Waals surface area contributed by atoms with E-state index >= 15 is 0 Å². The highest BCUT2D eigenvalue weighted by Gasteiger charge is 2.23. The lowest BCUT2D eigenvalue weighted by molar-refractivity contribution is -0.114. The maximum absolute atomic E-state index is 11.2. The van der Waals surface area contributed by atoms with Crippen LogP contribution in [0.2, 0.25) is 5.02 Å². The number of carboxylic acid groups (broad SMARTS) is 1. The molecule has 1 amide bonds. The average molecular weight is 293 g/mol. The number of aromatic carboxylic acids is 1. The molecule has 0 saturated heterocycles. The topological polar surface area (TPSA) is 127 Å². The van der Waals surface area contributed by atoms with Crippen LogP contribution in [0.3, 0.4) is 0 Å². The zero-order valence-corrected chi connectivity index (χ0v) is 10.7. The molecule has 9 heteroatoms. The summed E-state index contributed by atoms with van der Waals surface area (Å²) in [5, 5.41) is 15.6. The lowest BCUT2D eigenvalue weighted by atomic mass is 10.1. The molecule has 0 unspecified atom stereocenters. The van der Waals surface area contributed by atoms with Crippen molar-refractivity contribution in [3.05, 3.63) is 22.7 Å². The zero-order valence-electron chi connectivity index (χ0n) is 9.10. The van der Waals surface area contributed by atoms with Crippen LogP contribution in [0, 0.1) is 0 Å². The summed E-state index contributed by atoms with van der Waals surface area (Å²) in [4.78, 5) is 21.4. The van der Waals surface area contributed by atoms with E-state index in [1.54, 1.807) is 0 Å². The van der Waals surface area contributed by atoms with E-state index in [4.69, 9.17) is 21.8 Å². The van der Waals surface area contributed by atoms with Crippen LogP contribution in [0.4, 0.5) is 5.69 Å². The number of primary sulfonamides is 1. The largest absolute Gasteiger partial charge is 0.478 e. The Balaban J connectivity index is 3.57. The van der Waals surface area contributed by atoms with E-state index in [2.05, 4.69) is 5.32 Å². The van der Waals surface area contributed by atoms with E-state index in [0.717, 1.165) is 12.1 Å². The molecular formula is C9H9ClN2O5S. The second kappa shape index (κ2) is 4.92. The molecule has 0 fully saturated rings. The molecule has 18 heavy (non-hydrogen) atoms. The molecule has 0 spiro atoms. The molecule has 0 aliphatic rings. The fraction of sp³-hybridized carbons (Fsp3) is 0.111. The highest BCUT2D eigenvalue weighted by molar-refractivity contribution is 7.89. The van der Waals surface area contributed by atoms with Crippen molar-refractivity contribution in [3.8, 4) is 0 Å². The number of anilines is 1. The van der Waals surface area contributed by atoms with Crippen molar-refractivity contribution in [3.63, 3.8) is 0 Å². The van der Waals surface area contributed by atoms with Crippen molar-refractivity contribution >= 4 is 39.2 Å². The van der Waals surface area contributed by atoms with Crippen molar-refractivity contribution < 1.29 is 23.1 Å².